The first kappa shape index (κ1) is 13.2. The van der Waals surface area contributed by atoms with E-state index in [4.69, 9.17) is 4.74 Å². The van der Waals surface area contributed by atoms with Gasteiger partial charge in [0.15, 0.2) is 0 Å². The number of hydrogen-bond donors (Lipinski definition) is 0. The maximum Gasteiger partial charge on any atom is 0.416 e. The summed E-state index contributed by atoms with van der Waals surface area (Å²) in [6, 6.07) is 1.09. The minimum atomic E-state index is -0.560. The van der Waals surface area contributed by atoms with Crippen molar-refractivity contribution in [1.29, 1.82) is 0 Å². The maximum atomic E-state index is 11.3. The van der Waals surface area contributed by atoms with Crippen LogP contribution in [0.3, 0.4) is 0 Å². The molecule has 14 heavy (non-hydrogen) atoms. The third kappa shape index (κ3) is 5.01. The summed E-state index contributed by atoms with van der Waals surface area (Å²) in [7, 11) is -0.350. The van der Waals surface area contributed by atoms with E-state index >= 15 is 0 Å². The van der Waals surface area contributed by atoms with Crippen molar-refractivity contribution in [3.63, 3.8) is 0 Å². The predicted molar refractivity (Wildman–Crippen MR) is 57.7 cm³/mol. The lowest BCUT2D eigenvalue weighted by Crippen LogP contribution is -2.34. The molecule has 0 saturated carbocycles. The van der Waals surface area contributed by atoms with Crippen LogP contribution in [0.25, 0.3) is 0 Å². The Balaban J connectivity index is 3.96. The van der Waals surface area contributed by atoms with Gasteiger partial charge in [-0.1, -0.05) is 19.9 Å². The molecule has 0 aliphatic rings. The second-order valence-corrected chi connectivity index (χ2v) is 5.95. The normalized spacial score (nSPS) is 12.8. The fourth-order valence-corrected chi connectivity index (χ4v) is 2.17. The monoisotopic (exact) mass is 216 g/mol. The Labute approximate surface area is 87.4 Å². The van der Waals surface area contributed by atoms with Crippen molar-refractivity contribution < 1.29 is 14.3 Å². The number of carbonyl (C=O) groups excluding carboxylic acids is 2. The molecule has 0 aliphatic heterocycles. The highest BCUT2D eigenvalue weighted by Crippen LogP contribution is 1.98. The lowest BCUT2D eigenvalue weighted by atomic mass is 10.4. The van der Waals surface area contributed by atoms with Crippen LogP contribution in [0, 0.1) is 0 Å². The quantitative estimate of drug-likeness (QED) is 0.488. The zero-order valence-corrected chi connectivity index (χ0v) is 10.5. The molecule has 0 aromatic rings. The largest absolute Gasteiger partial charge is 0.451 e. The van der Waals surface area contributed by atoms with E-state index in [-0.39, 0.29) is 15.2 Å². The molecule has 4 nitrogen and oxygen atoms in total. The van der Waals surface area contributed by atoms with Gasteiger partial charge in [0.05, 0.1) is 15.2 Å². The fourth-order valence-electron chi connectivity index (χ4n) is 1.10. The molecule has 0 aromatic heterocycles. The molecule has 1 radical (unpaired) electrons. The molecule has 0 bridgehead atoms. The summed E-state index contributed by atoms with van der Waals surface area (Å²) in [6.45, 7) is 6.22. The van der Waals surface area contributed by atoms with Gasteiger partial charge in [-0.05, 0) is 13.3 Å². The van der Waals surface area contributed by atoms with Crippen molar-refractivity contribution in [2.75, 3.05) is 6.54 Å². The molecule has 0 rings (SSSR count). The molecule has 0 saturated heterocycles. The van der Waals surface area contributed by atoms with Crippen LogP contribution >= 0.6 is 0 Å². The van der Waals surface area contributed by atoms with Gasteiger partial charge in [0, 0.05) is 6.54 Å². The lowest BCUT2D eigenvalue weighted by Gasteiger charge is -2.17. The Morgan fingerprint density at radius 2 is 2.21 bits per heavy atom. The zero-order chi connectivity index (χ0) is 11.0. The molecule has 0 spiro atoms. The Hall–Kier alpha value is -0.843. The molecule has 1 unspecified atom stereocenters. The molecule has 0 fully saturated rings. The average molecular weight is 216 g/mol. The van der Waals surface area contributed by atoms with Crippen LogP contribution in [0.1, 0.15) is 27.2 Å². The Morgan fingerprint density at radius 3 is 2.64 bits per heavy atom. The number of nitrogens with zero attached hydrogens (tertiary/aromatic N) is 1. The highest BCUT2D eigenvalue weighted by Gasteiger charge is 2.16. The second kappa shape index (κ2) is 7.55. The molecule has 0 heterocycles. The first-order valence-electron chi connectivity index (χ1n) is 5.01. The molecule has 5 heteroatoms. The van der Waals surface area contributed by atoms with Gasteiger partial charge in [0.1, 0.15) is 0 Å². The third-order valence-corrected chi connectivity index (χ3v) is 3.33. The van der Waals surface area contributed by atoms with Crippen molar-refractivity contribution in [2.24, 2.45) is 0 Å². The number of rotatable bonds is 6. The van der Waals surface area contributed by atoms with Crippen LogP contribution in [0.15, 0.2) is 0 Å². The van der Waals surface area contributed by atoms with E-state index in [9.17, 15) is 9.59 Å². The molecular weight excluding hydrogens is 198 g/mol. The van der Waals surface area contributed by atoms with Crippen molar-refractivity contribution >= 4 is 22.0 Å². The van der Waals surface area contributed by atoms with E-state index in [0.717, 1.165) is 17.4 Å². The van der Waals surface area contributed by atoms with Crippen LogP contribution < -0.4 is 0 Å². The SMILES string of the molecule is CCCN([C]=O)C(=O)OC(C)[SiH2]CC. The molecule has 0 aromatic carbocycles. The Morgan fingerprint density at radius 1 is 1.57 bits per heavy atom. The summed E-state index contributed by atoms with van der Waals surface area (Å²) in [5, 5.41) is 0. The van der Waals surface area contributed by atoms with Crippen molar-refractivity contribution in [2.45, 2.75) is 39.0 Å². The summed E-state index contributed by atoms with van der Waals surface area (Å²) in [5.41, 5.74) is 0.000191. The standard InChI is InChI=1S/C9H18NO3Si/c1-4-6-10(7-11)9(12)13-8(3)14-5-2/h8H,4-6,14H2,1-3H3. The topological polar surface area (TPSA) is 46.6 Å². The van der Waals surface area contributed by atoms with Crippen LogP contribution in [0.5, 0.6) is 0 Å². The molecule has 0 aliphatic carbocycles. The number of carbonyl (C=O) groups is 1. The van der Waals surface area contributed by atoms with Crippen molar-refractivity contribution in [3.8, 4) is 0 Å². The third-order valence-electron chi connectivity index (χ3n) is 1.77. The number of hydrogen-bond acceptors (Lipinski definition) is 3. The van der Waals surface area contributed by atoms with E-state index in [1.807, 2.05) is 13.8 Å². The van der Waals surface area contributed by atoms with Gasteiger partial charge in [-0.3, -0.25) is 4.79 Å². The Kier molecular flexibility index (Phi) is 7.10. The summed E-state index contributed by atoms with van der Waals surface area (Å²) < 4.78 is 5.08. The number of ether oxygens (including phenoxy) is 1. The van der Waals surface area contributed by atoms with Crippen molar-refractivity contribution in [1.82, 2.24) is 4.90 Å². The first-order valence-corrected chi connectivity index (χ1v) is 6.83. The van der Waals surface area contributed by atoms with E-state index in [1.165, 1.54) is 0 Å². The molecule has 1 atom stereocenters. The van der Waals surface area contributed by atoms with E-state index < -0.39 is 6.09 Å². The molecule has 81 valence electrons. The van der Waals surface area contributed by atoms with Crippen LogP contribution in [0.2, 0.25) is 6.04 Å². The van der Waals surface area contributed by atoms with E-state index in [2.05, 4.69) is 6.92 Å². The van der Waals surface area contributed by atoms with E-state index in [0.29, 0.717) is 6.54 Å². The smallest absolute Gasteiger partial charge is 0.416 e. The first-order chi connectivity index (χ1) is 6.65. The van der Waals surface area contributed by atoms with Gasteiger partial charge in [-0.15, -0.1) is 0 Å². The minimum Gasteiger partial charge on any atom is -0.451 e. The van der Waals surface area contributed by atoms with Gasteiger partial charge in [0.2, 0.25) is 0 Å². The molecule has 0 N–H and O–H groups in total. The molecular formula is C9H18NO3Si. The highest BCUT2D eigenvalue weighted by atomic mass is 28.2. The highest BCUT2D eigenvalue weighted by molar-refractivity contribution is 6.37. The fraction of sp³-hybridized carbons (Fsp3) is 0.778. The zero-order valence-electron chi connectivity index (χ0n) is 9.08. The molecule has 2 amide bonds. The second-order valence-electron chi connectivity index (χ2n) is 3.23. The van der Waals surface area contributed by atoms with Crippen LogP contribution in [-0.4, -0.2) is 39.2 Å². The van der Waals surface area contributed by atoms with Crippen LogP contribution in [0.4, 0.5) is 4.79 Å². The van der Waals surface area contributed by atoms with Crippen molar-refractivity contribution in [3.05, 3.63) is 0 Å². The lowest BCUT2D eigenvalue weighted by molar-refractivity contribution is 0.113. The number of amides is 2. The van der Waals surface area contributed by atoms with Gasteiger partial charge in [0.25, 0.3) is 0 Å². The summed E-state index contributed by atoms with van der Waals surface area (Å²) >= 11 is 0. The predicted octanol–water partition coefficient (Wildman–Crippen LogP) is 0.855. The van der Waals surface area contributed by atoms with Gasteiger partial charge in [-0.25, -0.2) is 9.69 Å². The minimum absolute atomic E-state index is 0.000191. The van der Waals surface area contributed by atoms with Gasteiger partial charge in [-0.2, -0.15) is 0 Å². The summed E-state index contributed by atoms with van der Waals surface area (Å²) in [5.74, 6) is 0. The average Bonchev–Trinajstić information content (AvgIpc) is 2.14. The van der Waals surface area contributed by atoms with Crippen LogP contribution in [-0.2, 0) is 9.53 Å². The summed E-state index contributed by atoms with van der Waals surface area (Å²) in [6.07, 6.45) is 1.74. The maximum absolute atomic E-state index is 11.3. The summed E-state index contributed by atoms with van der Waals surface area (Å²) in [4.78, 5) is 22.7. The number of imide groups is 1. The Bertz CT molecular complexity index is 187. The van der Waals surface area contributed by atoms with Gasteiger partial charge >= 0.3 is 12.5 Å². The van der Waals surface area contributed by atoms with E-state index in [1.54, 1.807) is 6.41 Å². The van der Waals surface area contributed by atoms with Gasteiger partial charge < -0.3 is 4.74 Å².